The molecule has 39 heavy (non-hydrogen) atoms. The Morgan fingerprint density at radius 1 is 0.846 bits per heavy atom. The minimum Gasteiger partial charge on any atom is -0.484 e. The van der Waals surface area contributed by atoms with Crippen molar-refractivity contribution in [3.63, 3.8) is 0 Å². The van der Waals surface area contributed by atoms with Crippen LogP contribution in [-0.2, 0) is 29.1 Å². The molecule has 8 heteroatoms. The molecule has 1 atom stereocenters. The molecular formula is C31H27Cl2FN2O3. The number of hydrogen-bond donors (Lipinski definition) is 1. The Balaban J connectivity index is 1.61. The molecule has 0 aliphatic heterocycles. The van der Waals surface area contributed by atoms with Crippen molar-refractivity contribution in [3.8, 4) is 5.75 Å². The lowest BCUT2D eigenvalue weighted by Gasteiger charge is -2.31. The van der Waals surface area contributed by atoms with Crippen LogP contribution in [0.25, 0.3) is 0 Å². The summed E-state index contributed by atoms with van der Waals surface area (Å²) in [6.07, 6.45) is 0.263. The van der Waals surface area contributed by atoms with Crippen molar-refractivity contribution in [2.75, 3.05) is 6.61 Å². The van der Waals surface area contributed by atoms with Crippen molar-refractivity contribution in [2.24, 2.45) is 0 Å². The van der Waals surface area contributed by atoms with Crippen LogP contribution < -0.4 is 10.1 Å². The number of benzene rings is 4. The van der Waals surface area contributed by atoms with Crippen molar-refractivity contribution >= 4 is 35.0 Å². The minimum atomic E-state index is -0.879. The molecular weight excluding hydrogens is 538 g/mol. The van der Waals surface area contributed by atoms with Crippen molar-refractivity contribution in [1.29, 1.82) is 0 Å². The predicted octanol–water partition coefficient (Wildman–Crippen LogP) is 6.47. The average Bonchev–Trinajstić information content (AvgIpc) is 2.95. The zero-order valence-electron chi connectivity index (χ0n) is 21.0. The number of rotatable bonds is 11. The number of amides is 2. The Kier molecular flexibility index (Phi) is 9.95. The standard InChI is InChI=1S/C31H27Cl2FN2O3/c32-25-14-13-24(28(33)18-25)19-35-31(38)29(17-22-7-3-1-4-8-22)36(20-23-11-15-26(34)16-12-23)30(37)21-39-27-9-5-2-6-10-27/h1-16,18,29H,17,19-21H2,(H,35,38)/t29-/m1/s1. The summed E-state index contributed by atoms with van der Waals surface area (Å²) in [7, 11) is 0. The summed E-state index contributed by atoms with van der Waals surface area (Å²) in [6, 6.07) is 28.4. The third-order valence-corrected chi connectivity index (χ3v) is 6.70. The highest BCUT2D eigenvalue weighted by atomic mass is 35.5. The molecule has 0 aromatic heterocycles. The topological polar surface area (TPSA) is 58.6 Å². The van der Waals surface area contributed by atoms with Gasteiger partial charge in [-0.05, 0) is 53.1 Å². The van der Waals surface area contributed by atoms with Gasteiger partial charge >= 0.3 is 0 Å². The van der Waals surface area contributed by atoms with Crippen molar-refractivity contribution in [1.82, 2.24) is 10.2 Å². The van der Waals surface area contributed by atoms with Gasteiger partial charge in [0.15, 0.2) is 6.61 Å². The van der Waals surface area contributed by atoms with Crippen LogP contribution in [0.5, 0.6) is 5.75 Å². The van der Waals surface area contributed by atoms with Gasteiger partial charge in [-0.25, -0.2) is 4.39 Å². The molecule has 1 N–H and O–H groups in total. The Bertz CT molecular complexity index is 1390. The first-order valence-electron chi connectivity index (χ1n) is 12.4. The highest BCUT2D eigenvalue weighted by Crippen LogP contribution is 2.21. The average molecular weight is 565 g/mol. The van der Waals surface area contributed by atoms with Crippen LogP contribution in [-0.4, -0.2) is 29.4 Å². The molecule has 0 spiro atoms. The normalized spacial score (nSPS) is 11.5. The van der Waals surface area contributed by atoms with Crippen molar-refractivity contribution in [2.45, 2.75) is 25.6 Å². The van der Waals surface area contributed by atoms with Gasteiger partial charge < -0.3 is 15.0 Å². The quantitative estimate of drug-likeness (QED) is 0.227. The molecule has 4 aromatic rings. The number of ether oxygens (including phenoxy) is 1. The van der Waals surface area contributed by atoms with Gasteiger partial charge in [0.1, 0.15) is 17.6 Å². The first-order chi connectivity index (χ1) is 18.9. The van der Waals surface area contributed by atoms with E-state index in [1.807, 2.05) is 48.5 Å². The second-order valence-electron chi connectivity index (χ2n) is 8.91. The molecule has 0 aliphatic carbocycles. The van der Waals surface area contributed by atoms with E-state index in [0.717, 1.165) is 5.56 Å². The van der Waals surface area contributed by atoms with Gasteiger partial charge in [0, 0.05) is 29.6 Å². The number of hydrogen-bond acceptors (Lipinski definition) is 3. The summed E-state index contributed by atoms with van der Waals surface area (Å²) in [4.78, 5) is 28.8. The molecule has 0 radical (unpaired) electrons. The van der Waals surface area contributed by atoms with E-state index in [0.29, 0.717) is 26.9 Å². The molecule has 0 aliphatic rings. The van der Waals surface area contributed by atoms with Gasteiger partial charge in [-0.1, -0.05) is 89.9 Å². The molecule has 0 unspecified atom stereocenters. The predicted molar refractivity (Wildman–Crippen MR) is 151 cm³/mol. The molecule has 0 saturated carbocycles. The third kappa shape index (κ3) is 8.31. The molecule has 200 valence electrons. The third-order valence-electron chi connectivity index (χ3n) is 6.11. The summed E-state index contributed by atoms with van der Waals surface area (Å²) >= 11 is 12.3. The first kappa shape index (κ1) is 28.1. The summed E-state index contributed by atoms with van der Waals surface area (Å²) < 4.78 is 19.3. The van der Waals surface area contributed by atoms with Crippen LogP contribution in [0, 0.1) is 5.82 Å². The lowest BCUT2D eigenvalue weighted by Crippen LogP contribution is -2.51. The fraction of sp³-hybridized carbons (Fsp3) is 0.161. The highest BCUT2D eigenvalue weighted by molar-refractivity contribution is 6.35. The van der Waals surface area contributed by atoms with Gasteiger partial charge in [-0.3, -0.25) is 9.59 Å². The van der Waals surface area contributed by atoms with Crippen LogP contribution in [0.1, 0.15) is 16.7 Å². The smallest absolute Gasteiger partial charge is 0.261 e. The summed E-state index contributed by atoms with van der Waals surface area (Å²) in [5, 5.41) is 3.84. The fourth-order valence-corrected chi connectivity index (χ4v) is 4.53. The Hall–Kier alpha value is -3.87. The lowest BCUT2D eigenvalue weighted by atomic mass is 10.0. The van der Waals surface area contributed by atoms with Gasteiger partial charge in [0.25, 0.3) is 5.91 Å². The number of halogens is 3. The zero-order valence-corrected chi connectivity index (χ0v) is 22.5. The molecule has 5 nitrogen and oxygen atoms in total. The number of carbonyl (C=O) groups is 2. The van der Waals surface area contributed by atoms with E-state index in [-0.39, 0.29) is 43.7 Å². The maximum Gasteiger partial charge on any atom is 0.261 e. The Morgan fingerprint density at radius 3 is 2.18 bits per heavy atom. The van der Waals surface area contributed by atoms with E-state index in [4.69, 9.17) is 27.9 Å². The van der Waals surface area contributed by atoms with Crippen LogP contribution >= 0.6 is 23.2 Å². The van der Waals surface area contributed by atoms with E-state index in [1.54, 1.807) is 42.5 Å². The van der Waals surface area contributed by atoms with Crippen LogP contribution in [0.15, 0.2) is 103 Å². The van der Waals surface area contributed by atoms with E-state index in [2.05, 4.69) is 5.32 Å². The summed E-state index contributed by atoms with van der Waals surface area (Å²) in [6.45, 7) is -0.0319. The van der Waals surface area contributed by atoms with Gasteiger partial charge in [0.05, 0.1) is 0 Å². The number of nitrogens with zero attached hydrogens (tertiary/aromatic N) is 1. The second kappa shape index (κ2) is 13.8. The lowest BCUT2D eigenvalue weighted by molar-refractivity contribution is -0.142. The second-order valence-corrected chi connectivity index (χ2v) is 9.75. The van der Waals surface area contributed by atoms with E-state index < -0.39 is 6.04 Å². The number of carbonyl (C=O) groups excluding carboxylic acids is 2. The summed E-state index contributed by atoms with van der Waals surface area (Å²) in [5.41, 5.74) is 2.25. The fourth-order valence-electron chi connectivity index (χ4n) is 4.05. The number of nitrogens with one attached hydrogen (secondary N) is 1. The van der Waals surface area contributed by atoms with Crippen molar-refractivity contribution < 1.29 is 18.7 Å². The number of para-hydroxylation sites is 1. The zero-order chi connectivity index (χ0) is 27.6. The molecule has 0 saturated heterocycles. The van der Waals surface area contributed by atoms with Crippen molar-refractivity contribution in [3.05, 3.63) is 136 Å². The minimum absolute atomic E-state index is 0.0872. The van der Waals surface area contributed by atoms with E-state index >= 15 is 0 Å². The summed E-state index contributed by atoms with van der Waals surface area (Å²) in [5.74, 6) is -0.597. The SMILES string of the molecule is O=C(NCc1ccc(Cl)cc1Cl)[C@@H](Cc1ccccc1)N(Cc1ccc(F)cc1)C(=O)COc1ccccc1. The van der Waals surface area contributed by atoms with E-state index in [1.165, 1.54) is 17.0 Å². The molecule has 0 bridgehead atoms. The maximum atomic E-state index is 13.7. The molecule has 4 aromatic carbocycles. The molecule has 0 heterocycles. The Morgan fingerprint density at radius 2 is 1.51 bits per heavy atom. The molecule has 4 rings (SSSR count). The van der Waals surface area contributed by atoms with Gasteiger partial charge in [-0.2, -0.15) is 0 Å². The Labute approximate surface area is 237 Å². The van der Waals surface area contributed by atoms with Crippen LogP contribution in [0.4, 0.5) is 4.39 Å². The molecule has 0 fully saturated rings. The van der Waals surface area contributed by atoms with E-state index in [9.17, 15) is 14.0 Å². The molecule has 2 amide bonds. The first-order valence-corrected chi connectivity index (χ1v) is 13.1. The van der Waals surface area contributed by atoms with Gasteiger partial charge in [0.2, 0.25) is 5.91 Å². The van der Waals surface area contributed by atoms with Crippen LogP contribution in [0.2, 0.25) is 10.0 Å². The van der Waals surface area contributed by atoms with Gasteiger partial charge in [-0.15, -0.1) is 0 Å². The maximum absolute atomic E-state index is 13.7. The highest BCUT2D eigenvalue weighted by Gasteiger charge is 2.30. The monoisotopic (exact) mass is 564 g/mol. The largest absolute Gasteiger partial charge is 0.484 e. The van der Waals surface area contributed by atoms with Crippen LogP contribution in [0.3, 0.4) is 0 Å².